The van der Waals surface area contributed by atoms with E-state index in [4.69, 9.17) is 0 Å². The third-order valence-electron chi connectivity index (χ3n) is 6.37. The second-order valence-electron chi connectivity index (χ2n) is 7.94. The minimum Gasteiger partial charge on any atom is -0.311 e. The molecular weight excluding hydrogens is 321 g/mol. The van der Waals surface area contributed by atoms with Gasteiger partial charge in [0.15, 0.2) is 0 Å². The van der Waals surface area contributed by atoms with Gasteiger partial charge in [-0.3, -0.25) is 19.8 Å². The van der Waals surface area contributed by atoms with Crippen LogP contribution in [0.3, 0.4) is 0 Å². The van der Waals surface area contributed by atoms with E-state index in [2.05, 4.69) is 15.5 Å². The van der Waals surface area contributed by atoms with Gasteiger partial charge in [-0.05, 0) is 54.4 Å². The van der Waals surface area contributed by atoms with Crippen molar-refractivity contribution in [3.8, 4) is 0 Å². The first kappa shape index (κ1) is 15.5. The van der Waals surface area contributed by atoms with E-state index in [1.54, 1.807) is 6.07 Å². The van der Waals surface area contributed by atoms with Crippen molar-refractivity contribution in [3.63, 3.8) is 0 Å². The molecule has 0 spiro atoms. The molecular formula is C19H22FN3O2. The van der Waals surface area contributed by atoms with E-state index < -0.39 is 0 Å². The first-order chi connectivity index (χ1) is 12.1. The predicted molar refractivity (Wildman–Crippen MR) is 89.1 cm³/mol. The van der Waals surface area contributed by atoms with Crippen LogP contribution in [0, 0.1) is 5.82 Å². The molecule has 0 radical (unpaired) electrons. The van der Waals surface area contributed by atoms with Gasteiger partial charge in [0.25, 0.3) is 0 Å². The minimum atomic E-state index is -0.289. The Morgan fingerprint density at radius 3 is 2.56 bits per heavy atom. The number of hydrogen-bond acceptors (Lipinski definition) is 4. The number of imide groups is 1. The average molecular weight is 343 g/mol. The number of halogens is 1. The molecule has 1 aromatic rings. The molecule has 1 aliphatic carbocycles. The van der Waals surface area contributed by atoms with E-state index in [1.165, 1.54) is 6.42 Å². The Hall–Kier alpha value is -1.79. The highest BCUT2D eigenvalue weighted by Gasteiger charge is 2.42. The average Bonchev–Trinajstić information content (AvgIpc) is 2.97. The summed E-state index contributed by atoms with van der Waals surface area (Å²) < 4.78 is 14.7. The topological polar surface area (TPSA) is 61.4 Å². The predicted octanol–water partition coefficient (Wildman–Crippen LogP) is 1.55. The number of nitrogens with one attached hydrogen (secondary N) is 2. The fourth-order valence-corrected chi connectivity index (χ4v) is 5.19. The number of piperidine rings is 2. The molecule has 3 unspecified atom stereocenters. The van der Waals surface area contributed by atoms with Crippen LogP contribution in [0.4, 0.5) is 4.39 Å². The number of carbonyl (C=O) groups excluding carboxylic acids is 2. The third-order valence-corrected chi connectivity index (χ3v) is 6.37. The fraction of sp³-hybridized carbons (Fsp3) is 0.579. The summed E-state index contributed by atoms with van der Waals surface area (Å²) in [5.41, 5.74) is 3.09. The Bertz CT molecular complexity index is 749. The summed E-state index contributed by atoms with van der Waals surface area (Å²) in [4.78, 5) is 25.7. The van der Waals surface area contributed by atoms with Crippen LogP contribution in [0.1, 0.15) is 54.7 Å². The third kappa shape index (κ3) is 2.50. The second-order valence-corrected chi connectivity index (χ2v) is 7.94. The van der Waals surface area contributed by atoms with Crippen molar-refractivity contribution in [2.75, 3.05) is 0 Å². The maximum absolute atomic E-state index is 14.7. The van der Waals surface area contributed by atoms with E-state index in [0.29, 0.717) is 38.0 Å². The molecule has 4 heterocycles. The number of nitrogens with zero attached hydrogens (tertiary/aromatic N) is 1. The molecule has 2 amide bonds. The van der Waals surface area contributed by atoms with Gasteiger partial charge >= 0.3 is 0 Å². The number of carbonyl (C=O) groups is 2. The van der Waals surface area contributed by atoms with E-state index in [1.807, 2.05) is 6.07 Å². The van der Waals surface area contributed by atoms with Gasteiger partial charge in [-0.2, -0.15) is 0 Å². The minimum absolute atomic E-state index is 0.102. The Balaban J connectivity index is 1.42. The monoisotopic (exact) mass is 343 g/mol. The zero-order chi connectivity index (χ0) is 17.1. The van der Waals surface area contributed by atoms with Gasteiger partial charge in [0, 0.05) is 31.6 Å². The molecule has 132 valence electrons. The molecule has 25 heavy (non-hydrogen) atoms. The Labute approximate surface area is 146 Å². The van der Waals surface area contributed by atoms with Crippen LogP contribution < -0.4 is 10.6 Å². The van der Waals surface area contributed by atoms with Crippen molar-refractivity contribution >= 4 is 11.8 Å². The van der Waals surface area contributed by atoms with Crippen LogP contribution in [-0.2, 0) is 22.7 Å². The lowest BCUT2D eigenvalue weighted by Crippen LogP contribution is -2.57. The SMILES string of the molecule is O=C1CCC(N2Cc3ccc(F)c(C4CC5CC(C4)N5)c3C2)C(=O)N1. The summed E-state index contributed by atoms with van der Waals surface area (Å²) in [5.74, 6) is -0.232. The van der Waals surface area contributed by atoms with Crippen molar-refractivity contribution in [2.45, 2.75) is 69.2 Å². The van der Waals surface area contributed by atoms with E-state index in [9.17, 15) is 14.0 Å². The summed E-state index contributed by atoms with van der Waals surface area (Å²) in [5, 5.41) is 5.95. The van der Waals surface area contributed by atoms with Gasteiger partial charge in [0.1, 0.15) is 5.82 Å². The van der Waals surface area contributed by atoms with Crippen molar-refractivity contribution in [3.05, 3.63) is 34.6 Å². The van der Waals surface area contributed by atoms with Crippen molar-refractivity contribution in [1.29, 1.82) is 0 Å². The normalized spacial score (nSPS) is 34.4. The number of amides is 2. The molecule has 6 heteroatoms. The zero-order valence-corrected chi connectivity index (χ0v) is 14.1. The Kier molecular flexibility index (Phi) is 3.47. The molecule has 5 nitrogen and oxygen atoms in total. The molecule has 1 aromatic carbocycles. The van der Waals surface area contributed by atoms with Gasteiger partial charge in [-0.25, -0.2) is 4.39 Å². The first-order valence-electron chi connectivity index (χ1n) is 9.22. The summed E-state index contributed by atoms with van der Waals surface area (Å²) in [6.45, 7) is 1.26. The number of rotatable bonds is 2. The molecule has 2 N–H and O–H groups in total. The van der Waals surface area contributed by atoms with Crippen LogP contribution in [0.5, 0.6) is 0 Å². The maximum Gasteiger partial charge on any atom is 0.243 e. The summed E-state index contributed by atoms with van der Waals surface area (Å²) in [6, 6.07) is 4.23. The Morgan fingerprint density at radius 2 is 1.84 bits per heavy atom. The van der Waals surface area contributed by atoms with Crippen LogP contribution in [0.15, 0.2) is 12.1 Å². The molecule has 4 fully saturated rings. The van der Waals surface area contributed by atoms with Gasteiger partial charge in [-0.1, -0.05) is 6.07 Å². The zero-order valence-electron chi connectivity index (χ0n) is 14.1. The van der Waals surface area contributed by atoms with Crippen LogP contribution in [0.2, 0.25) is 0 Å². The van der Waals surface area contributed by atoms with Gasteiger partial charge in [0.05, 0.1) is 6.04 Å². The van der Waals surface area contributed by atoms with Gasteiger partial charge in [-0.15, -0.1) is 0 Å². The van der Waals surface area contributed by atoms with Crippen molar-refractivity contribution in [2.24, 2.45) is 0 Å². The maximum atomic E-state index is 14.7. The van der Waals surface area contributed by atoms with E-state index >= 15 is 0 Å². The first-order valence-corrected chi connectivity index (χ1v) is 9.22. The van der Waals surface area contributed by atoms with Crippen LogP contribution >= 0.6 is 0 Å². The molecule has 5 aliphatic rings. The number of fused-ring (bicyclic) bond motifs is 3. The summed E-state index contributed by atoms with van der Waals surface area (Å²) in [6.07, 6.45) is 4.15. The molecule has 4 aliphatic heterocycles. The highest BCUT2D eigenvalue weighted by Crippen LogP contribution is 2.43. The molecule has 3 atom stereocenters. The molecule has 2 bridgehead atoms. The fourth-order valence-electron chi connectivity index (χ4n) is 5.19. The molecule has 3 saturated heterocycles. The number of hydrogen-bond donors (Lipinski definition) is 2. The van der Waals surface area contributed by atoms with Gasteiger partial charge in [0.2, 0.25) is 11.8 Å². The quantitative estimate of drug-likeness (QED) is 0.800. The Morgan fingerprint density at radius 1 is 1.08 bits per heavy atom. The smallest absolute Gasteiger partial charge is 0.243 e. The highest BCUT2D eigenvalue weighted by molar-refractivity contribution is 6.00. The van der Waals surface area contributed by atoms with Crippen molar-refractivity contribution < 1.29 is 14.0 Å². The summed E-state index contributed by atoms with van der Waals surface area (Å²) in [7, 11) is 0. The van der Waals surface area contributed by atoms with Gasteiger partial charge < -0.3 is 5.32 Å². The van der Waals surface area contributed by atoms with E-state index in [-0.39, 0.29) is 29.6 Å². The number of benzene rings is 1. The standard InChI is InChI=1S/C19H22FN3O2/c20-15-2-1-10-8-23(16-3-4-17(24)22-19(16)25)9-14(10)18(15)11-5-12-7-13(6-11)21-12/h1-2,11-13,16,21H,3-9H2,(H,22,24,25). The summed E-state index contributed by atoms with van der Waals surface area (Å²) >= 11 is 0. The van der Waals surface area contributed by atoms with Crippen LogP contribution in [0.25, 0.3) is 0 Å². The largest absolute Gasteiger partial charge is 0.311 e. The second kappa shape index (κ2) is 5.61. The molecule has 1 saturated carbocycles. The van der Waals surface area contributed by atoms with Crippen molar-refractivity contribution in [1.82, 2.24) is 15.5 Å². The molecule has 0 aromatic heterocycles. The lowest BCUT2D eigenvalue weighted by molar-refractivity contribution is -0.137. The lowest BCUT2D eigenvalue weighted by Gasteiger charge is -2.47. The highest BCUT2D eigenvalue weighted by atomic mass is 19.1. The lowest BCUT2D eigenvalue weighted by atomic mass is 9.72. The van der Waals surface area contributed by atoms with Crippen LogP contribution in [-0.4, -0.2) is 34.8 Å². The van der Waals surface area contributed by atoms with E-state index in [0.717, 1.165) is 29.5 Å². The molecule has 6 rings (SSSR count).